The number of hydrogen-bond donors (Lipinski definition) is 1. The zero-order valence-corrected chi connectivity index (χ0v) is 13.3. The van der Waals surface area contributed by atoms with Crippen molar-refractivity contribution >= 4 is 5.97 Å². The summed E-state index contributed by atoms with van der Waals surface area (Å²) in [4.78, 5) is 13.3. The van der Waals surface area contributed by atoms with Gasteiger partial charge in [-0.05, 0) is 54.8 Å². The molecule has 3 rings (SSSR count). The number of halogens is 1. The van der Waals surface area contributed by atoms with Crippen molar-refractivity contribution < 1.29 is 19.0 Å². The minimum atomic E-state index is -0.900. The van der Waals surface area contributed by atoms with E-state index in [1.54, 1.807) is 30.3 Å². The molecule has 2 aromatic rings. The number of aromatic carboxylic acids is 1. The largest absolute Gasteiger partial charge is 0.490 e. The second kappa shape index (κ2) is 7.45. The molecule has 0 aliphatic carbocycles. The fourth-order valence-corrected chi connectivity index (χ4v) is 2.95. The molecule has 126 valence electrons. The summed E-state index contributed by atoms with van der Waals surface area (Å²) >= 11 is 0. The first-order valence-corrected chi connectivity index (χ1v) is 8.07. The van der Waals surface area contributed by atoms with Crippen LogP contribution in [-0.4, -0.2) is 35.2 Å². The maximum absolute atomic E-state index is 12.9. The third-order valence-corrected chi connectivity index (χ3v) is 4.23. The van der Waals surface area contributed by atoms with Gasteiger partial charge in [-0.25, -0.2) is 9.18 Å². The van der Waals surface area contributed by atoms with Crippen molar-refractivity contribution in [3.05, 3.63) is 65.5 Å². The predicted molar refractivity (Wildman–Crippen MR) is 88.7 cm³/mol. The molecule has 5 heteroatoms. The van der Waals surface area contributed by atoms with Gasteiger partial charge in [0.15, 0.2) is 0 Å². The highest BCUT2D eigenvalue weighted by Gasteiger charge is 2.20. The lowest BCUT2D eigenvalue weighted by Gasteiger charge is -2.32. The summed E-state index contributed by atoms with van der Waals surface area (Å²) in [6, 6.07) is 13.2. The Morgan fingerprint density at radius 2 is 1.88 bits per heavy atom. The first-order valence-electron chi connectivity index (χ1n) is 8.07. The van der Waals surface area contributed by atoms with Crippen LogP contribution in [0.3, 0.4) is 0 Å². The summed E-state index contributed by atoms with van der Waals surface area (Å²) in [7, 11) is 0. The lowest BCUT2D eigenvalue weighted by Crippen LogP contribution is -2.37. The quantitative estimate of drug-likeness (QED) is 0.911. The van der Waals surface area contributed by atoms with Crippen molar-refractivity contribution in [3.63, 3.8) is 0 Å². The van der Waals surface area contributed by atoms with Gasteiger partial charge in [0, 0.05) is 19.6 Å². The standard InChI is InChI=1S/C19H20FNO3/c20-16-4-6-17(7-5-16)24-18-8-10-21(11-9-18)13-14-2-1-3-15(12-14)19(22)23/h1-7,12,18H,8-11,13H2,(H,22,23). The van der Waals surface area contributed by atoms with Crippen molar-refractivity contribution in [2.24, 2.45) is 0 Å². The first kappa shape index (κ1) is 16.5. The number of hydrogen-bond acceptors (Lipinski definition) is 3. The number of likely N-dealkylation sites (tertiary alicyclic amines) is 1. The highest BCUT2D eigenvalue weighted by molar-refractivity contribution is 5.87. The molecule has 1 N–H and O–H groups in total. The van der Waals surface area contributed by atoms with Crippen molar-refractivity contribution in [1.82, 2.24) is 4.90 Å². The van der Waals surface area contributed by atoms with Gasteiger partial charge in [-0.15, -0.1) is 0 Å². The molecule has 0 unspecified atom stereocenters. The molecule has 0 radical (unpaired) electrons. The average Bonchev–Trinajstić information content (AvgIpc) is 2.59. The van der Waals surface area contributed by atoms with E-state index in [9.17, 15) is 9.18 Å². The van der Waals surface area contributed by atoms with Crippen LogP contribution in [0.5, 0.6) is 5.75 Å². The minimum Gasteiger partial charge on any atom is -0.490 e. The van der Waals surface area contributed by atoms with Gasteiger partial charge in [-0.3, -0.25) is 4.90 Å². The highest BCUT2D eigenvalue weighted by Crippen LogP contribution is 2.20. The van der Waals surface area contributed by atoms with Crippen LogP contribution in [0.25, 0.3) is 0 Å². The molecule has 1 aliphatic rings. The molecule has 0 amide bonds. The number of carboxylic acids is 1. The molecule has 2 aromatic carbocycles. The SMILES string of the molecule is O=C(O)c1cccc(CN2CCC(Oc3ccc(F)cc3)CC2)c1. The third kappa shape index (κ3) is 4.32. The van der Waals surface area contributed by atoms with Gasteiger partial charge in [-0.1, -0.05) is 12.1 Å². The molecular weight excluding hydrogens is 309 g/mol. The Morgan fingerprint density at radius 1 is 1.17 bits per heavy atom. The van der Waals surface area contributed by atoms with E-state index in [4.69, 9.17) is 9.84 Å². The van der Waals surface area contributed by atoms with Crippen LogP contribution >= 0.6 is 0 Å². The molecule has 0 bridgehead atoms. The minimum absolute atomic E-state index is 0.136. The monoisotopic (exact) mass is 329 g/mol. The van der Waals surface area contributed by atoms with E-state index in [0.717, 1.165) is 38.0 Å². The number of carbonyl (C=O) groups is 1. The van der Waals surface area contributed by atoms with E-state index >= 15 is 0 Å². The molecule has 1 aliphatic heterocycles. The number of carboxylic acid groups (broad SMARTS) is 1. The molecule has 24 heavy (non-hydrogen) atoms. The van der Waals surface area contributed by atoms with Gasteiger partial charge in [0.05, 0.1) is 5.56 Å². The second-order valence-corrected chi connectivity index (χ2v) is 6.05. The Morgan fingerprint density at radius 3 is 2.54 bits per heavy atom. The number of rotatable bonds is 5. The average molecular weight is 329 g/mol. The molecule has 0 spiro atoms. The Hall–Kier alpha value is -2.40. The van der Waals surface area contributed by atoms with Gasteiger partial charge >= 0.3 is 5.97 Å². The fraction of sp³-hybridized carbons (Fsp3) is 0.316. The molecule has 1 fully saturated rings. The Balaban J connectivity index is 1.51. The maximum Gasteiger partial charge on any atom is 0.335 e. The molecule has 1 heterocycles. The highest BCUT2D eigenvalue weighted by atomic mass is 19.1. The van der Waals surface area contributed by atoms with Crippen molar-refractivity contribution in [2.45, 2.75) is 25.5 Å². The van der Waals surface area contributed by atoms with Gasteiger partial charge < -0.3 is 9.84 Å². The molecule has 0 saturated carbocycles. The van der Waals surface area contributed by atoms with Crippen LogP contribution in [0.1, 0.15) is 28.8 Å². The summed E-state index contributed by atoms with van der Waals surface area (Å²) in [6.45, 7) is 2.52. The number of nitrogens with zero attached hydrogens (tertiary/aromatic N) is 1. The lowest BCUT2D eigenvalue weighted by molar-refractivity contribution is 0.0696. The molecule has 0 atom stereocenters. The van der Waals surface area contributed by atoms with Crippen LogP contribution in [-0.2, 0) is 6.54 Å². The van der Waals surface area contributed by atoms with Gasteiger partial charge in [0.1, 0.15) is 17.7 Å². The van der Waals surface area contributed by atoms with E-state index in [-0.39, 0.29) is 11.9 Å². The zero-order valence-electron chi connectivity index (χ0n) is 13.3. The number of ether oxygens (including phenoxy) is 1. The summed E-state index contributed by atoms with van der Waals surface area (Å²) in [5.74, 6) is -0.465. The Kier molecular flexibility index (Phi) is 5.11. The van der Waals surface area contributed by atoms with Crippen molar-refractivity contribution in [1.29, 1.82) is 0 Å². The summed E-state index contributed by atoms with van der Waals surface area (Å²) in [6.07, 6.45) is 1.93. The maximum atomic E-state index is 12.9. The number of piperidine rings is 1. The molecular formula is C19H20FNO3. The van der Waals surface area contributed by atoms with Crippen LogP contribution in [0.15, 0.2) is 48.5 Å². The summed E-state index contributed by atoms with van der Waals surface area (Å²) < 4.78 is 18.8. The topological polar surface area (TPSA) is 49.8 Å². The zero-order chi connectivity index (χ0) is 16.9. The molecule has 1 saturated heterocycles. The number of benzene rings is 2. The second-order valence-electron chi connectivity index (χ2n) is 6.05. The summed E-state index contributed by atoms with van der Waals surface area (Å²) in [5, 5.41) is 9.05. The van der Waals surface area contributed by atoms with Crippen LogP contribution in [0.4, 0.5) is 4.39 Å². The summed E-state index contributed by atoms with van der Waals surface area (Å²) in [5.41, 5.74) is 1.33. The third-order valence-electron chi connectivity index (χ3n) is 4.23. The van der Waals surface area contributed by atoms with Crippen LogP contribution in [0, 0.1) is 5.82 Å². The van der Waals surface area contributed by atoms with Gasteiger partial charge in [-0.2, -0.15) is 0 Å². The predicted octanol–water partition coefficient (Wildman–Crippen LogP) is 3.57. The van der Waals surface area contributed by atoms with Crippen LogP contribution in [0.2, 0.25) is 0 Å². The smallest absolute Gasteiger partial charge is 0.335 e. The van der Waals surface area contributed by atoms with E-state index in [1.807, 2.05) is 6.07 Å². The lowest BCUT2D eigenvalue weighted by atomic mass is 10.1. The normalized spacial score (nSPS) is 16.0. The Labute approximate surface area is 140 Å². The van der Waals surface area contributed by atoms with E-state index < -0.39 is 5.97 Å². The molecule has 4 nitrogen and oxygen atoms in total. The van der Waals surface area contributed by atoms with Crippen molar-refractivity contribution in [3.8, 4) is 5.75 Å². The first-order chi connectivity index (χ1) is 11.6. The van der Waals surface area contributed by atoms with E-state index in [1.165, 1.54) is 12.1 Å². The van der Waals surface area contributed by atoms with E-state index in [0.29, 0.717) is 11.3 Å². The molecule has 0 aromatic heterocycles. The fourth-order valence-electron chi connectivity index (χ4n) is 2.95. The van der Waals surface area contributed by atoms with Gasteiger partial charge in [0.25, 0.3) is 0 Å². The Bertz CT molecular complexity index is 694. The van der Waals surface area contributed by atoms with Crippen LogP contribution < -0.4 is 4.74 Å². The van der Waals surface area contributed by atoms with Crippen molar-refractivity contribution in [2.75, 3.05) is 13.1 Å². The van der Waals surface area contributed by atoms with E-state index in [2.05, 4.69) is 4.90 Å². The van der Waals surface area contributed by atoms with Gasteiger partial charge in [0.2, 0.25) is 0 Å².